The summed E-state index contributed by atoms with van der Waals surface area (Å²) in [4.78, 5) is -0.329. The summed E-state index contributed by atoms with van der Waals surface area (Å²) in [5, 5.41) is 0. The van der Waals surface area contributed by atoms with Gasteiger partial charge in [-0.1, -0.05) is 22.4 Å². The lowest BCUT2D eigenvalue weighted by molar-refractivity contribution is 0.451. The minimum absolute atomic E-state index is 0. The molecule has 1 aliphatic carbocycles. The molecule has 114 valence electrons. The fraction of sp³-hybridized carbons (Fsp3) is 0.500. The molecule has 0 saturated heterocycles. The van der Waals surface area contributed by atoms with E-state index in [0.29, 0.717) is 11.0 Å². The Balaban J connectivity index is 0.00000200. The van der Waals surface area contributed by atoms with E-state index >= 15 is 0 Å². The molecule has 0 aliphatic heterocycles. The molecule has 1 aliphatic rings. The SMILES string of the molecule is Cl.NCC1CCCC1NS(=O)(=O)c1cc(Br)ccc1F. The van der Waals surface area contributed by atoms with Gasteiger partial charge in [-0.05, 0) is 43.5 Å². The van der Waals surface area contributed by atoms with Crippen molar-refractivity contribution < 1.29 is 12.8 Å². The molecule has 2 unspecified atom stereocenters. The Bertz CT molecular complexity index is 571. The van der Waals surface area contributed by atoms with Crippen LogP contribution in [-0.4, -0.2) is 21.0 Å². The summed E-state index contributed by atoms with van der Waals surface area (Å²) in [5.74, 6) is -0.622. The fourth-order valence-electron chi connectivity index (χ4n) is 2.42. The third-order valence-electron chi connectivity index (χ3n) is 3.45. The first-order chi connectivity index (χ1) is 8.94. The van der Waals surface area contributed by atoms with E-state index in [1.807, 2.05) is 0 Å². The van der Waals surface area contributed by atoms with Crippen LogP contribution < -0.4 is 10.5 Å². The normalized spacial score (nSPS) is 22.6. The minimum atomic E-state index is -3.85. The van der Waals surface area contributed by atoms with Crippen LogP contribution in [0.3, 0.4) is 0 Å². The minimum Gasteiger partial charge on any atom is -0.330 e. The van der Waals surface area contributed by atoms with Crippen molar-refractivity contribution in [3.05, 3.63) is 28.5 Å². The Morgan fingerprint density at radius 2 is 2.10 bits per heavy atom. The van der Waals surface area contributed by atoms with E-state index in [0.717, 1.165) is 25.3 Å². The summed E-state index contributed by atoms with van der Waals surface area (Å²) in [6, 6.07) is 3.66. The smallest absolute Gasteiger partial charge is 0.243 e. The van der Waals surface area contributed by atoms with E-state index in [4.69, 9.17) is 5.73 Å². The summed E-state index contributed by atoms with van der Waals surface area (Å²) < 4.78 is 41.2. The first-order valence-electron chi connectivity index (χ1n) is 6.11. The molecule has 0 amide bonds. The van der Waals surface area contributed by atoms with Crippen molar-refractivity contribution in [2.24, 2.45) is 11.7 Å². The number of benzene rings is 1. The molecular formula is C12H17BrClFN2O2S. The second kappa shape index (κ2) is 7.17. The second-order valence-corrected chi connectivity index (χ2v) is 7.33. The summed E-state index contributed by atoms with van der Waals surface area (Å²) in [6.45, 7) is 0.439. The molecule has 0 spiro atoms. The van der Waals surface area contributed by atoms with Gasteiger partial charge in [0.2, 0.25) is 10.0 Å². The highest BCUT2D eigenvalue weighted by atomic mass is 79.9. The van der Waals surface area contributed by atoms with Crippen molar-refractivity contribution in [2.75, 3.05) is 6.54 Å². The molecule has 2 rings (SSSR count). The maximum Gasteiger partial charge on any atom is 0.243 e. The van der Waals surface area contributed by atoms with Gasteiger partial charge in [0.1, 0.15) is 10.7 Å². The predicted molar refractivity (Wildman–Crippen MR) is 81.9 cm³/mol. The zero-order chi connectivity index (χ0) is 14.0. The molecule has 3 N–H and O–H groups in total. The van der Waals surface area contributed by atoms with Crippen LogP contribution in [0.2, 0.25) is 0 Å². The van der Waals surface area contributed by atoms with Crippen LogP contribution in [0.1, 0.15) is 19.3 Å². The van der Waals surface area contributed by atoms with Crippen LogP contribution in [0.15, 0.2) is 27.6 Å². The van der Waals surface area contributed by atoms with E-state index in [1.54, 1.807) is 0 Å². The largest absolute Gasteiger partial charge is 0.330 e. The Morgan fingerprint density at radius 1 is 1.40 bits per heavy atom. The van der Waals surface area contributed by atoms with Gasteiger partial charge in [0.25, 0.3) is 0 Å². The number of hydrogen-bond donors (Lipinski definition) is 2. The molecule has 1 saturated carbocycles. The van der Waals surface area contributed by atoms with Gasteiger partial charge >= 0.3 is 0 Å². The number of hydrogen-bond acceptors (Lipinski definition) is 3. The van der Waals surface area contributed by atoms with E-state index in [-0.39, 0.29) is 29.3 Å². The number of sulfonamides is 1. The van der Waals surface area contributed by atoms with Gasteiger partial charge in [-0.15, -0.1) is 12.4 Å². The zero-order valence-electron chi connectivity index (χ0n) is 10.7. The Morgan fingerprint density at radius 3 is 2.75 bits per heavy atom. The van der Waals surface area contributed by atoms with Gasteiger partial charge in [-0.2, -0.15) is 0 Å². The highest BCUT2D eigenvalue weighted by Gasteiger charge is 2.31. The quantitative estimate of drug-likeness (QED) is 0.833. The van der Waals surface area contributed by atoms with Crippen molar-refractivity contribution >= 4 is 38.4 Å². The Hall–Kier alpha value is -0.210. The van der Waals surface area contributed by atoms with Crippen LogP contribution in [0.25, 0.3) is 0 Å². The van der Waals surface area contributed by atoms with Crippen LogP contribution in [-0.2, 0) is 10.0 Å². The fourth-order valence-corrected chi connectivity index (χ4v) is 4.38. The van der Waals surface area contributed by atoms with Gasteiger partial charge in [-0.3, -0.25) is 0 Å². The summed E-state index contributed by atoms with van der Waals surface area (Å²) >= 11 is 3.15. The van der Waals surface area contributed by atoms with E-state index in [9.17, 15) is 12.8 Å². The van der Waals surface area contributed by atoms with Crippen molar-refractivity contribution in [3.63, 3.8) is 0 Å². The predicted octanol–water partition coefficient (Wildman–Crippen LogP) is 2.42. The molecule has 1 aromatic rings. The van der Waals surface area contributed by atoms with Crippen LogP contribution in [0.4, 0.5) is 4.39 Å². The lowest BCUT2D eigenvalue weighted by Crippen LogP contribution is -2.40. The lowest BCUT2D eigenvalue weighted by Gasteiger charge is -2.19. The molecule has 20 heavy (non-hydrogen) atoms. The van der Waals surface area contributed by atoms with Crippen molar-refractivity contribution in [2.45, 2.75) is 30.2 Å². The molecule has 0 aromatic heterocycles. The monoisotopic (exact) mass is 386 g/mol. The zero-order valence-corrected chi connectivity index (χ0v) is 13.9. The molecule has 0 radical (unpaired) electrons. The maximum atomic E-state index is 13.7. The Kier molecular flexibility index (Phi) is 6.40. The van der Waals surface area contributed by atoms with E-state index < -0.39 is 15.8 Å². The van der Waals surface area contributed by atoms with Gasteiger partial charge in [0.05, 0.1) is 0 Å². The highest BCUT2D eigenvalue weighted by molar-refractivity contribution is 9.10. The summed E-state index contributed by atoms with van der Waals surface area (Å²) in [6.07, 6.45) is 2.59. The van der Waals surface area contributed by atoms with Crippen LogP contribution >= 0.6 is 28.3 Å². The molecule has 0 heterocycles. The van der Waals surface area contributed by atoms with Crippen LogP contribution in [0.5, 0.6) is 0 Å². The average molecular weight is 388 g/mol. The van der Waals surface area contributed by atoms with Crippen molar-refractivity contribution in [1.82, 2.24) is 4.72 Å². The van der Waals surface area contributed by atoms with Gasteiger partial charge < -0.3 is 5.73 Å². The molecule has 2 atom stereocenters. The van der Waals surface area contributed by atoms with Crippen molar-refractivity contribution in [1.29, 1.82) is 0 Å². The van der Waals surface area contributed by atoms with Crippen LogP contribution in [0, 0.1) is 11.7 Å². The highest BCUT2D eigenvalue weighted by Crippen LogP contribution is 2.27. The van der Waals surface area contributed by atoms with Gasteiger partial charge in [-0.25, -0.2) is 17.5 Å². The third kappa shape index (κ3) is 3.92. The molecular weight excluding hydrogens is 371 g/mol. The summed E-state index contributed by atoms with van der Waals surface area (Å²) in [7, 11) is -3.85. The summed E-state index contributed by atoms with van der Waals surface area (Å²) in [5.41, 5.74) is 5.62. The molecule has 0 bridgehead atoms. The van der Waals surface area contributed by atoms with E-state index in [1.165, 1.54) is 12.1 Å². The third-order valence-corrected chi connectivity index (χ3v) is 5.45. The Labute approximate surface area is 132 Å². The van der Waals surface area contributed by atoms with Gasteiger partial charge in [0.15, 0.2) is 0 Å². The molecule has 1 fully saturated rings. The number of halogens is 3. The van der Waals surface area contributed by atoms with E-state index in [2.05, 4.69) is 20.7 Å². The van der Waals surface area contributed by atoms with Crippen molar-refractivity contribution in [3.8, 4) is 0 Å². The average Bonchev–Trinajstić information content (AvgIpc) is 2.78. The molecule has 1 aromatic carbocycles. The van der Waals surface area contributed by atoms with Gasteiger partial charge in [0, 0.05) is 10.5 Å². The standard InChI is InChI=1S/C12H16BrFN2O2S.ClH/c13-9-4-5-10(14)12(6-9)19(17,18)16-11-3-1-2-8(11)7-15;/h4-6,8,11,16H,1-3,7,15H2;1H. The number of nitrogens with one attached hydrogen (secondary N) is 1. The maximum absolute atomic E-state index is 13.7. The first kappa shape index (κ1) is 17.8. The lowest BCUT2D eigenvalue weighted by atomic mass is 10.1. The number of rotatable bonds is 4. The molecule has 4 nitrogen and oxygen atoms in total. The molecule has 8 heteroatoms. The topological polar surface area (TPSA) is 72.2 Å². The first-order valence-corrected chi connectivity index (χ1v) is 8.39. The number of nitrogens with two attached hydrogens (primary N) is 1. The second-order valence-electron chi connectivity index (χ2n) is 4.73.